The van der Waals surface area contributed by atoms with Crippen LogP contribution in [0.1, 0.15) is 21.5 Å². The highest BCUT2D eigenvalue weighted by Gasteiger charge is 2.15. The van der Waals surface area contributed by atoms with E-state index in [1.54, 1.807) is 39.1 Å². The topological polar surface area (TPSA) is 62.2 Å². The number of rotatable bonds is 3. The Kier molecular flexibility index (Phi) is 3.70. The summed E-state index contributed by atoms with van der Waals surface area (Å²) >= 11 is 0. The van der Waals surface area contributed by atoms with Gasteiger partial charge < -0.3 is 10.4 Å². The molecule has 1 aromatic carbocycles. The summed E-state index contributed by atoms with van der Waals surface area (Å²) in [5.74, 6) is -1.02. The molecule has 0 unspecified atom stereocenters. The molecule has 0 amide bonds. The first kappa shape index (κ1) is 14.0. The molecule has 0 bridgehead atoms. The van der Waals surface area contributed by atoms with Crippen LogP contribution in [0.5, 0.6) is 0 Å². The number of carboxylic acids is 1. The molecule has 20 heavy (non-hydrogen) atoms. The van der Waals surface area contributed by atoms with Crippen molar-refractivity contribution in [1.29, 1.82) is 0 Å². The summed E-state index contributed by atoms with van der Waals surface area (Å²) in [6.07, 6.45) is 0. The second-order valence-electron chi connectivity index (χ2n) is 4.57. The number of benzene rings is 1. The molecule has 5 heteroatoms. The Bertz CT molecular complexity index is 684. The van der Waals surface area contributed by atoms with Gasteiger partial charge in [-0.1, -0.05) is 0 Å². The quantitative estimate of drug-likeness (QED) is 0.902. The number of aromatic nitrogens is 1. The molecule has 2 rings (SSSR count). The molecule has 1 aromatic heterocycles. The third-order valence-electron chi connectivity index (χ3n) is 3.11. The molecule has 1 heterocycles. The van der Waals surface area contributed by atoms with Crippen LogP contribution in [0.25, 0.3) is 11.3 Å². The van der Waals surface area contributed by atoms with Crippen molar-refractivity contribution < 1.29 is 14.3 Å². The fourth-order valence-electron chi connectivity index (χ4n) is 2.05. The molecule has 0 atom stereocenters. The molecule has 0 radical (unpaired) electrons. The van der Waals surface area contributed by atoms with Crippen LogP contribution in [0.2, 0.25) is 0 Å². The minimum Gasteiger partial charge on any atom is -0.478 e. The molecule has 0 aliphatic rings. The first-order valence-electron chi connectivity index (χ1n) is 6.13. The zero-order valence-electron chi connectivity index (χ0n) is 11.5. The number of carbonyl (C=O) groups is 1. The van der Waals surface area contributed by atoms with Gasteiger partial charge in [0.15, 0.2) is 0 Å². The van der Waals surface area contributed by atoms with E-state index < -0.39 is 5.97 Å². The first-order valence-corrected chi connectivity index (χ1v) is 6.13. The van der Waals surface area contributed by atoms with E-state index in [2.05, 4.69) is 10.3 Å². The molecule has 4 nitrogen and oxygen atoms in total. The smallest absolute Gasteiger partial charge is 0.339 e. The van der Waals surface area contributed by atoms with Gasteiger partial charge >= 0.3 is 5.97 Å². The van der Waals surface area contributed by atoms with Crippen LogP contribution in [0.15, 0.2) is 24.3 Å². The number of aryl methyl sites for hydroxylation is 2. The van der Waals surface area contributed by atoms with Gasteiger partial charge in [-0.25, -0.2) is 14.2 Å². The Hall–Kier alpha value is -2.43. The molecule has 0 saturated heterocycles. The second kappa shape index (κ2) is 5.28. The lowest BCUT2D eigenvalue weighted by Gasteiger charge is -2.11. The fraction of sp³-hybridized carbons (Fsp3) is 0.200. The van der Waals surface area contributed by atoms with Gasteiger partial charge in [-0.2, -0.15) is 0 Å². The van der Waals surface area contributed by atoms with Gasteiger partial charge in [-0.15, -0.1) is 0 Å². The molecule has 2 N–H and O–H groups in total. The normalized spacial score (nSPS) is 10.4. The van der Waals surface area contributed by atoms with Crippen molar-refractivity contribution in [2.45, 2.75) is 13.8 Å². The van der Waals surface area contributed by atoms with Crippen LogP contribution in [0.3, 0.4) is 0 Å². The molecule has 0 saturated carbocycles. The zero-order valence-corrected chi connectivity index (χ0v) is 11.5. The van der Waals surface area contributed by atoms with E-state index in [1.165, 1.54) is 6.07 Å². The number of pyridine rings is 1. The summed E-state index contributed by atoms with van der Waals surface area (Å²) in [6, 6.07) is 6.28. The van der Waals surface area contributed by atoms with Gasteiger partial charge in [-0.3, -0.25) is 0 Å². The molecule has 104 valence electrons. The van der Waals surface area contributed by atoms with E-state index in [-0.39, 0.29) is 11.4 Å². The molecule has 0 aliphatic heterocycles. The zero-order chi connectivity index (χ0) is 14.9. The van der Waals surface area contributed by atoms with Crippen molar-refractivity contribution >= 4 is 11.8 Å². The maximum absolute atomic E-state index is 13.3. The third-order valence-corrected chi connectivity index (χ3v) is 3.11. The highest BCUT2D eigenvalue weighted by atomic mass is 19.1. The minimum atomic E-state index is -1.04. The lowest BCUT2D eigenvalue weighted by atomic mass is 10.0. The van der Waals surface area contributed by atoms with Gasteiger partial charge in [-0.05, 0) is 49.2 Å². The summed E-state index contributed by atoms with van der Waals surface area (Å²) < 4.78 is 13.3. The minimum absolute atomic E-state index is 0.118. The van der Waals surface area contributed by atoms with Crippen LogP contribution >= 0.6 is 0 Å². The molecular weight excluding hydrogens is 259 g/mol. The first-order chi connectivity index (χ1) is 9.43. The summed E-state index contributed by atoms with van der Waals surface area (Å²) in [7, 11) is 1.61. The number of aromatic carboxylic acids is 1. The standard InChI is InChI=1S/C15H15FN2O2/c1-8-6-10(4-5-12(8)16)13-9(2)7-11(15(19)20)14(17-3)18-13/h4-7H,1-3H3,(H,17,18)(H,19,20). The number of hydrogen-bond acceptors (Lipinski definition) is 3. The highest BCUT2D eigenvalue weighted by molar-refractivity contribution is 5.94. The van der Waals surface area contributed by atoms with Gasteiger partial charge in [0.05, 0.1) is 5.69 Å². The SMILES string of the molecule is CNc1nc(-c2ccc(F)c(C)c2)c(C)cc1C(=O)O. The Morgan fingerprint density at radius 3 is 2.50 bits per heavy atom. The summed E-state index contributed by atoms with van der Waals surface area (Å²) in [5, 5.41) is 11.9. The highest BCUT2D eigenvalue weighted by Crippen LogP contribution is 2.27. The molecule has 0 spiro atoms. The fourth-order valence-corrected chi connectivity index (χ4v) is 2.05. The third kappa shape index (κ3) is 2.47. The van der Waals surface area contributed by atoms with Crippen LogP contribution < -0.4 is 5.32 Å². The van der Waals surface area contributed by atoms with Crippen molar-refractivity contribution in [3.8, 4) is 11.3 Å². The van der Waals surface area contributed by atoms with Gasteiger partial charge in [0, 0.05) is 12.6 Å². The molecule has 0 fully saturated rings. The van der Waals surface area contributed by atoms with E-state index in [0.29, 0.717) is 17.1 Å². The Labute approximate surface area is 116 Å². The van der Waals surface area contributed by atoms with Crippen LogP contribution in [0, 0.1) is 19.7 Å². The second-order valence-corrected chi connectivity index (χ2v) is 4.57. The molecule has 2 aromatic rings. The molecular formula is C15H15FN2O2. The summed E-state index contributed by atoms with van der Waals surface area (Å²) in [5.41, 5.74) is 2.77. The van der Waals surface area contributed by atoms with E-state index in [1.807, 2.05) is 0 Å². The Morgan fingerprint density at radius 2 is 1.95 bits per heavy atom. The van der Waals surface area contributed by atoms with Crippen LogP contribution in [-0.2, 0) is 0 Å². The number of halogens is 1. The van der Waals surface area contributed by atoms with Gasteiger partial charge in [0.1, 0.15) is 17.2 Å². The maximum Gasteiger partial charge on any atom is 0.339 e. The van der Waals surface area contributed by atoms with Crippen LogP contribution in [-0.4, -0.2) is 23.1 Å². The largest absolute Gasteiger partial charge is 0.478 e. The van der Waals surface area contributed by atoms with Crippen molar-refractivity contribution in [2.24, 2.45) is 0 Å². The number of hydrogen-bond donors (Lipinski definition) is 2. The maximum atomic E-state index is 13.3. The number of carboxylic acid groups (broad SMARTS) is 1. The van der Waals surface area contributed by atoms with Crippen molar-refractivity contribution in [1.82, 2.24) is 4.98 Å². The van der Waals surface area contributed by atoms with Crippen molar-refractivity contribution in [3.63, 3.8) is 0 Å². The van der Waals surface area contributed by atoms with E-state index in [0.717, 1.165) is 11.1 Å². The summed E-state index contributed by atoms with van der Waals surface area (Å²) in [4.78, 5) is 15.5. The predicted molar refractivity (Wildman–Crippen MR) is 75.6 cm³/mol. The van der Waals surface area contributed by atoms with Gasteiger partial charge in [0.25, 0.3) is 0 Å². The molecule has 0 aliphatic carbocycles. The van der Waals surface area contributed by atoms with Crippen molar-refractivity contribution in [2.75, 3.05) is 12.4 Å². The Morgan fingerprint density at radius 1 is 1.25 bits per heavy atom. The van der Waals surface area contributed by atoms with E-state index in [9.17, 15) is 9.18 Å². The number of nitrogens with one attached hydrogen (secondary N) is 1. The van der Waals surface area contributed by atoms with Crippen LogP contribution in [0.4, 0.5) is 10.2 Å². The van der Waals surface area contributed by atoms with E-state index in [4.69, 9.17) is 5.11 Å². The van der Waals surface area contributed by atoms with E-state index >= 15 is 0 Å². The average molecular weight is 274 g/mol. The lowest BCUT2D eigenvalue weighted by molar-refractivity contribution is 0.0697. The van der Waals surface area contributed by atoms with Gasteiger partial charge in [0.2, 0.25) is 0 Å². The van der Waals surface area contributed by atoms with Crippen molar-refractivity contribution in [3.05, 3.63) is 46.8 Å². The monoisotopic (exact) mass is 274 g/mol. The average Bonchev–Trinajstić information content (AvgIpc) is 2.41. The number of anilines is 1. The number of nitrogens with zero attached hydrogens (tertiary/aromatic N) is 1. The summed E-state index contributed by atoms with van der Waals surface area (Å²) in [6.45, 7) is 3.46. The Balaban J connectivity index is 2.62. The predicted octanol–water partition coefficient (Wildman–Crippen LogP) is 3.24. The lowest BCUT2D eigenvalue weighted by Crippen LogP contribution is -2.07.